The van der Waals surface area contributed by atoms with Crippen LogP contribution in [0.5, 0.6) is 0 Å². The summed E-state index contributed by atoms with van der Waals surface area (Å²) in [6.07, 6.45) is 1.70. The summed E-state index contributed by atoms with van der Waals surface area (Å²) < 4.78 is 62.6. The first-order valence-corrected chi connectivity index (χ1v) is 13.9. The number of fused-ring (bicyclic) bond motifs is 1. The Kier molecular flexibility index (Phi) is 8.81. The summed E-state index contributed by atoms with van der Waals surface area (Å²) in [5, 5.41) is 9.85. The average molecular weight is 632 g/mol. The first kappa shape index (κ1) is 30.9. The lowest BCUT2D eigenvalue weighted by Gasteiger charge is -2.24. The second-order valence-corrected chi connectivity index (χ2v) is 10.5. The van der Waals surface area contributed by atoms with Crippen LogP contribution in [0.2, 0.25) is 0 Å². The number of amides is 1. The quantitative estimate of drug-likeness (QED) is 0.373. The fourth-order valence-corrected chi connectivity index (χ4v) is 5.22. The molecule has 2 aromatic heterocycles. The molecule has 1 aliphatic carbocycles. The number of carbonyl (C=O) groups excluding carboxylic acids is 1. The fourth-order valence-electron chi connectivity index (χ4n) is 4.92. The predicted octanol–water partition coefficient (Wildman–Crippen LogP) is 3.19. The molecular weight excluding hydrogens is 606 g/mol. The van der Waals surface area contributed by atoms with E-state index in [-0.39, 0.29) is 53.0 Å². The molecule has 1 unspecified atom stereocenters. The van der Waals surface area contributed by atoms with E-state index in [1.54, 1.807) is 19.1 Å². The van der Waals surface area contributed by atoms with E-state index in [9.17, 15) is 22.8 Å². The molecule has 15 heteroatoms. The molecule has 3 aliphatic rings. The zero-order chi connectivity index (χ0) is 31.6. The third-order valence-electron chi connectivity index (χ3n) is 7.03. The van der Waals surface area contributed by atoms with Crippen molar-refractivity contribution in [2.24, 2.45) is 9.98 Å². The maximum atomic E-state index is 15.4. The van der Waals surface area contributed by atoms with E-state index in [2.05, 4.69) is 37.3 Å². The van der Waals surface area contributed by atoms with E-state index in [0.717, 1.165) is 16.7 Å². The Morgan fingerprint density at radius 3 is 2.80 bits per heavy atom. The Hall–Kier alpha value is -4.59. The van der Waals surface area contributed by atoms with Crippen LogP contribution in [-0.2, 0) is 17.9 Å². The molecule has 230 valence electrons. The summed E-state index contributed by atoms with van der Waals surface area (Å²) in [4.78, 5) is 38.7. The van der Waals surface area contributed by atoms with Crippen molar-refractivity contribution in [2.75, 3.05) is 6.54 Å². The van der Waals surface area contributed by atoms with E-state index in [1.807, 2.05) is 0 Å². The lowest BCUT2D eigenvalue weighted by Crippen LogP contribution is -2.49. The summed E-state index contributed by atoms with van der Waals surface area (Å²) >= 11 is 6.60. The minimum atomic E-state index is -5.05. The molecule has 0 aromatic carbocycles. The lowest BCUT2D eigenvalue weighted by atomic mass is 9.99. The maximum Gasteiger partial charge on any atom is 0.418 e. The smallest absolute Gasteiger partial charge is 0.356 e. The van der Waals surface area contributed by atoms with Crippen LogP contribution in [0.3, 0.4) is 0 Å². The summed E-state index contributed by atoms with van der Waals surface area (Å²) in [5.74, 6) is -1.04. The van der Waals surface area contributed by atoms with Crippen molar-refractivity contribution in [3.63, 3.8) is 0 Å². The highest BCUT2D eigenvalue weighted by Gasteiger charge is 2.35. The first-order valence-electron chi connectivity index (χ1n) is 13.5. The first-order chi connectivity index (χ1) is 20.9. The summed E-state index contributed by atoms with van der Waals surface area (Å²) in [7, 11) is 0. The number of nitrogens with one attached hydrogen (secondary N) is 2. The third kappa shape index (κ3) is 6.64. The third-order valence-corrected chi connectivity index (χ3v) is 7.37. The van der Waals surface area contributed by atoms with Crippen LogP contribution >= 0.6 is 11.6 Å². The van der Waals surface area contributed by atoms with Crippen molar-refractivity contribution in [1.82, 2.24) is 25.3 Å². The number of aryl methyl sites for hydroxylation is 1. The van der Waals surface area contributed by atoms with Crippen LogP contribution in [0.4, 0.5) is 17.6 Å². The molecular formula is C29H26ClF4N7O3. The molecule has 1 saturated heterocycles. The second kappa shape index (κ2) is 12.6. The largest absolute Gasteiger partial charge is 0.418 e. The van der Waals surface area contributed by atoms with Gasteiger partial charge < -0.3 is 15.2 Å². The van der Waals surface area contributed by atoms with Crippen molar-refractivity contribution >= 4 is 34.6 Å². The molecule has 2 aliphatic heterocycles. The number of carbonyl (C=O) groups is 1. The average Bonchev–Trinajstić information content (AvgIpc) is 3.40. The molecule has 0 radical (unpaired) electrons. The van der Waals surface area contributed by atoms with Gasteiger partial charge in [-0.15, -0.1) is 0 Å². The fraction of sp³-hybridized carbons (Fsp3) is 0.310. The molecule has 2 aromatic rings. The van der Waals surface area contributed by atoms with E-state index in [0.29, 0.717) is 47.5 Å². The summed E-state index contributed by atoms with van der Waals surface area (Å²) in [6.45, 7) is 4.33. The van der Waals surface area contributed by atoms with Gasteiger partial charge >= 0.3 is 6.18 Å². The molecule has 2 N–H and O–H groups in total. The number of piperidine rings is 1. The number of halogens is 5. The van der Waals surface area contributed by atoms with E-state index < -0.39 is 29.7 Å². The van der Waals surface area contributed by atoms with Crippen LogP contribution in [0.1, 0.15) is 36.5 Å². The molecule has 10 nitrogen and oxygen atoms in total. The van der Waals surface area contributed by atoms with Crippen molar-refractivity contribution in [3.05, 3.63) is 97.8 Å². The van der Waals surface area contributed by atoms with Crippen LogP contribution in [0.15, 0.2) is 78.8 Å². The molecule has 5 rings (SSSR count). The minimum Gasteiger partial charge on any atom is -0.356 e. The van der Waals surface area contributed by atoms with Gasteiger partial charge in [-0.1, -0.05) is 41.6 Å². The van der Waals surface area contributed by atoms with Crippen LogP contribution in [0, 0.1) is 6.92 Å². The number of nitrogens with zero attached hydrogens (tertiary/aromatic N) is 5. The Morgan fingerprint density at radius 2 is 2.14 bits per heavy atom. The monoisotopic (exact) mass is 631 g/mol. The van der Waals surface area contributed by atoms with Gasteiger partial charge in [0.25, 0.3) is 5.56 Å². The molecule has 0 spiro atoms. The normalized spacial score (nSPS) is 20.5. The van der Waals surface area contributed by atoms with Crippen molar-refractivity contribution in [2.45, 2.75) is 51.5 Å². The molecule has 44 heavy (non-hydrogen) atoms. The number of hydrogen-bond acceptors (Lipinski definition) is 8. The standard InChI is InChI=1S/C29H26ClF4N7O3/c1-3-4-5-21(29(32,33)34)23(31)14-41-26-17(13-36-28(39-26)38-18-8-9-35-24(42)12-18)10-20(27(41)43)19-7-6-16(11-22(19)30)25-37-15(2)44-40-25/h3-6,10-11,18H,1,7-9,12-14H2,2H3,(H,35,42)(H,36,38)/b5-4-,20-19?,23-21+. The summed E-state index contributed by atoms with van der Waals surface area (Å²) in [5.41, 5.74) is -1.13. The van der Waals surface area contributed by atoms with Gasteiger partial charge in [-0.2, -0.15) is 23.1 Å². The Balaban J connectivity index is 1.65. The second-order valence-electron chi connectivity index (χ2n) is 10.1. The van der Waals surface area contributed by atoms with Gasteiger partial charge in [0, 0.05) is 47.3 Å². The van der Waals surface area contributed by atoms with Crippen molar-refractivity contribution < 1.29 is 26.9 Å². The van der Waals surface area contributed by atoms with E-state index in [1.165, 1.54) is 6.07 Å². The highest BCUT2D eigenvalue weighted by Crippen LogP contribution is 2.31. The van der Waals surface area contributed by atoms with Crippen LogP contribution in [-0.4, -0.2) is 45.3 Å². The van der Waals surface area contributed by atoms with Gasteiger partial charge in [-0.25, -0.2) is 9.38 Å². The van der Waals surface area contributed by atoms with Crippen molar-refractivity contribution in [1.29, 1.82) is 0 Å². The SMILES string of the molecule is C=C/C=C\C(=C(/F)Cn1c2c(cc(=C3CC=C(c4noc(C)n4)C=C3Cl)c1=O)CN=C(NC1CCNC(=O)C1)N=2)C(F)(F)F. The van der Waals surface area contributed by atoms with Gasteiger partial charge in [0.1, 0.15) is 11.3 Å². The molecule has 4 heterocycles. The summed E-state index contributed by atoms with van der Waals surface area (Å²) in [6, 6.07) is 1.22. The number of allylic oxidation sites excluding steroid dienone is 9. The maximum absolute atomic E-state index is 15.4. The van der Waals surface area contributed by atoms with Crippen LogP contribution in [0.25, 0.3) is 11.1 Å². The van der Waals surface area contributed by atoms with Gasteiger partial charge in [0.15, 0.2) is 0 Å². The van der Waals surface area contributed by atoms with Gasteiger partial charge in [-0.3, -0.25) is 14.2 Å². The van der Waals surface area contributed by atoms with Crippen molar-refractivity contribution in [3.8, 4) is 0 Å². The number of rotatable bonds is 6. The number of pyridine rings is 1. The predicted molar refractivity (Wildman–Crippen MR) is 154 cm³/mol. The molecule has 0 bridgehead atoms. The number of guanidine groups is 1. The Bertz CT molecular complexity index is 1870. The molecule has 1 fully saturated rings. The highest BCUT2D eigenvalue weighted by atomic mass is 35.5. The molecule has 1 atom stereocenters. The molecule has 0 saturated carbocycles. The van der Waals surface area contributed by atoms with Crippen LogP contribution < -0.4 is 26.9 Å². The van der Waals surface area contributed by atoms with E-state index in [4.69, 9.17) is 16.1 Å². The zero-order valence-electron chi connectivity index (χ0n) is 23.3. The number of hydrogen-bond donors (Lipinski definition) is 2. The highest BCUT2D eigenvalue weighted by molar-refractivity contribution is 6.36. The topological polar surface area (TPSA) is 127 Å². The number of alkyl halides is 3. The van der Waals surface area contributed by atoms with E-state index >= 15 is 4.39 Å². The van der Waals surface area contributed by atoms with Gasteiger partial charge in [0.2, 0.25) is 23.6 Å². The lowest BCUT2D eigenvalue weighted by molar-refractivity contribution is -0.122. The van der Waals surface area contributed by atoms with Gasteiger partial charge in [-0.05, 0) is 36.6 Å². The van der Waals surface area contributed by atoms with Gasteiger partial charge in [0.05, 0.1) is 18.7 Å². The number of aliphatic imine (C=N–C) groups is 1. The Morgan fingerprint density at radius 1 is 1.34 bits per heavy atom. The minimum absolute atomic E-state index is 0.0149. The number of aromatic nitrogens is 3. The Labute approximate surface area is 252 Å². The zero-order valence-corrected chi connectivity index (χ0v) is 24.1. The molecule has 1 amide bonds.